The van der Waals surface area contributed by atoms with Crippen molar-refractivity contribution < 1.29 is 29.0 Å². The normalized spacial score (nSPS) is 24.7. The van der Waals surface area contributed by atoms with E-state index in [0.717, 1.165) is 81.8 Å². The van der Waals surface area contributed by atoms with E-state index in [1.807, 2.05) is 38.1 Å². The van der Waals surface area contributed by atoms with Crippen LogP contribution < -0.4 is 0 Å². The molecule has 0 bridgehead atoms. The summed E-state index contributed by atoms with van der Waals surface area (Å²) in [6, 6.07) is 8.05. The van der Waals surface area contributed by atoms with Gasteiger partial charge in [0.15, 0.2) is 0 Å². The number of rotatable bonds is 13. The second-order valence-electron chi connectivity index (χ2n) is 12.7. The van der Waals surface area contributed by atoms with E-state index in [-0.39, 0.29) is 35.2 Å². The topological polar surface area (TPSA) is 97.7 Å². The third-order valence-electron chi connectivity index (χ3n) is 8.96. The Kier molecular flexibility index (Phi) is 10.3. The van der Waals surface area contributed by atoms with E-state index >= 15 is 0 Å². The quantitative estimate of drug-likeness (QED) is 0.278. The third-order valence-corrected chi connectivity index (χ3v) is 8.96. The van der Waals surface area contributed by atoms with Gasteiger partial charge in [-0.2, -0.15) is 0 Å². The molecule has 2 aliphatic carbocycles. The van der Waals surface area contributed by atoms with Crippen LogP contribution in [0.4, 0.5) is 0 Å². The Balaban J connectivity index is 1.69. The number of ketones is 2. The molecule has 210 valence electrons. The lowest BCUT2D eigenvalue weighted by Gasteiger charge is -2.34. The summed E-state index contributed by atoms with van der Waals surface area (Å²) in [6.45, 7) is 7.76. The predicted molar refractivity (Wildman–Crippen MR) is 147 cm³/mol. The summed E-state index contributed by atoms with van der Waals surface area (Å²) >= 11 is 0. The van der Waals surface area contributed by atoms with Crippen LogP contribution in [-0.4, -0.2) is 34.7 Å². The van der Waals surface area contributed by atoms with Gasteiger partial charge in [0.1, 0.15) is 17.2 Å². The Hall–Kier alpha value is -2.50. The Labute approximate surface area is 227 Å². The molecule has 0 spiro atoms. The number of carboxylic acid groups (broad SMARTS) is 1. The van der Waals surface area contributed by atoms with Gasteiger partial charge in [0, 0.05) is 23.7 Å². The van der Waals surface area contributed by atoms with Crippen LogP contribution in [0.5, 0.6) is 0 Å². The standard InChI is InChI=1S/C32H46O6/c1-31(2,30(36)37)19-9-13-22-11-7-17-26(28(22)34)24-15-5-6-16-25(24)27-18-8-12-23(29(27)35)14-10-20-32(3,4)38-21-33/h5-6,15-16,21-23,26-27H,7-14,17-20H2,1-4H3,(H,36,37). The van der Waals surface area contributed by atoms with E-state index in [2.05, 4.69) is 0 Å². The molecular formula is C32H46O6. The van der Waals surface area contributed by atoms with Gasteiger partial charge in [-0.05, 0) is 96.6 Å². The van der Waals surface area contributed by atoms with Gasteiger partial charge in [0.05, 0.1) is 5.41 Å². The summed E-state index contributed by atoms with van der Waals surface area (Å²) in [5.41, 5.74) is 0.747. The number of Topliss-reactive ketones (excluding diaryl/α,β-unsaturated/α-hetero) is 2. The van der Waals surface area contributed by atoms with E-state index in [0.29, 0.717) is 12.9 Å². The third kappa shape index (κ3) is 7.54. The Morgan fingerprint density at radius 2 is 1.34 bits per heavy atom. The summed E-state index contributed by atoms with van der Waals surface area (Å²) in [7, 11) is 0. The maximum atomic E-state index is 13.7. The molecule has 2 aliphatic rings. The number of benzene rings is 1. The summed E-state index contributed by atoms with van der Waals surface area (Å²) in [5.74, 6) is -0.657. The van der Waals surface area contributed by atoms with Gasteiger partial charge in [0.2, 0.25) is 0 Å². The van der Waals surface area contributed by atoms with Crippen LogP contribution in [0.25, 0.3) is 0 Å². The molecule has 1 N–H and O–H groups in total. The maximum Gasteiger partial charge on any atom is 0.309 e. The average molecular weight is 527 g/mol. The highest BCUT2D eigenvalue weighted by Gasteiger charge is 2.38. The fourth-order valence-electron chi connectivity index (χ4n) is 6.47. The van der Waals surface area contributed by atoms with Crippen molar-refractivity contribution in [2.45, 2.75) is 122 Å². The molecule has 0 radical (unpaired) electrons. The molecule has 0 saturated heterocycles. The molecule has 1 aromatic rings. The van der Waals surface area contributed by atoms with Crippen molar-refractivity contribution in [2.75, 3.05) is 0 Å². The van der Waals surface area contributed by atoms with Crippen LogP contribution in [-0.2, 0) is 23.9 Å². The molecule has 6 heteroatoms. The van der Waals surface area contributed by atoms with E-state index in [9.17, 15) is 24.3 Å². The first-order valence-electron chi connectivity index (χ1n) is 14.5. The first kappa shape index (κ1) is 30.0. The molecule has 4 unspecified atom stereocenters. The lowest BCUT2D eigenvalue weighted by atomic mass is 9.69. The molecule has 38 heavy (non-hydrogen) atoms. The minimum atomic E-state index is -0.798. The molecule has 0 amide bonds. The van der Waals surface area contributed by atoms with Crippen molar-refractivity contribution in [1.29, 1.82) is 0 Å². The second kappa shape index (κ2) is 13.0. The smallest absolute Gasteiger partial charge is 0.309 e. The minimum absolute atomic E-state index is 0.00114. The van der Waals surface area contributed by atoms with Crippen LogP contribution in [0, 0.1) is 17.3 Å². The monoisotopic (exact) mass is 526 g/mol. The Morgan fingerprint density at radius 3 is 1.79 bits per heavy atom. The summed E-state index contributed by atoms with van der Waals surface area (Å²) < 4.78 is 5.17. The Morgan fingerprint density at radius 1 is 0.868 bits per heavy atom. The molecule has 2 fully saturated rings. The highest BCUT2D eigenvalue weighted by atomic mass is 16.5. The summed E-state index contributed by atoms with van der Waals surface area (Å²) in [5, 5.41) is 9.41. The number of ether oxygens (including phenoxy) is 1. The van der Waals surface area contributed by atoms with Gasteiger partial charge < -0.3 is 9.84 Å². The van der Waals surface area contributed by atoms with Crippen molar-refractivity contribution in [3.05, 3.63) is 35.4 Å². The summed E-state index contributed by atoms with van der Waals surface area (Å²) in [6.07, 6.45) is 9.69. The van der Waals surface area contributed by atoms with Crippen LogP contribution >= 0.6 is 0 Å². The highest BCUT2D eigenvalue weighted by molar-refractivity contribution is 5.92. The first-order chi connectivity index (χ1) is 18.0. The van der Waals surface area contributed by atoms with Gasteiger partial charge in [0.25, 0.3) is 6.47 Å². The van der Waals surface area contributed by atoms with E-state index < -0.39 is 17.0 Å². The second-order valence-corrected chi connectivity index (χ2v) is 12.7. The predicted octanol–water partition coefficient (Wildman–Crippen LogP) is 7.00. The fraction of sp³-hybridized carbons (Fsp3) is 0.688. The molecule has 0 aromatic heterocycles. The fourth-order valence-corrected chi connectivity index (χ4v) is 6.47. The number of carboxylic acids is 1. The van der Waals surface area contributed by atoms with Crippen LogP contribution in [0.15, 0.2) is 24.3 Å². The SMILES string of the molecule is CC(C)(CCCC1CCCC(c2ccccc2C2CCCC(CCCC(C)(C)C(=O)O)C2=O)C1=O)OC=O. The number of aliphatic carboxylic acids is 1. The van der Waals surface area contributed by atoms with Crippen molar-refractivity contribution in [1.82, 2.24) is 0 Å². The van der Waals surface area contributed by atoms with Crippen molar-refractivity contribution >= 4 is 24.0 Å². The number of hydrogen-bond acceptors (Lipinski definition) is 5. The van der Waals surface area contributed by atoms with Gasteiger partial charge in [-0.15, -0.1) is 0 Å². The molecule has 6 nitrogen and oxygen atoms in total. The van der Waals surface area contributed by atoms with Crippen molar-refractivity contribution in [3.63, 3.8) is 0 Å². The molecule has 0 heterocycles. The van der Waals surface area contributed by atoms with Gasteiger partial charge >= 0.3 is 5.97 Å². The van der Waals surface area contributed by atoms with Crippen molar-refractivity contribution in [3.8, 4) is 0 Å². The first-order valence-corrected chi connectivity index (χ1v) is 14.5. The van der Waals surface area contributed by atoms with E-state index in [1.165, 1.54) is 0 Å². The maximum absolute atomic E-state index is 13.7. The van der Waals surface area contributed by atoms with Crippen LogP contribution in [0.2, 0.25) is 0 Å². The number of carbonyl (C=O) groups excluding carboxylic acids is 3. The average Bonchev–Trinajstić information content (AvgIpc) is 2.86. The molecular weight excluding hydrogens is 480 g/mol. The highest BCUT2D eigenvalue weighted by Crippen LogP contribution is 2.43. The van der Waals surface area contributed by atoms with Crippen LogP contribution in [0.3, 0.4) is 0 Å². The lowest BCUT2D eigenvalue weighted by Crippen LogP contribution is -2.31. The minimum Gasteiger partial charge on any atom is -0.481 e. The van der Waals surface area contributed by atoms with Gasteiger partial charge in [-0.3, -0.25) is 19.2 Å². The van der Waals surface area contributed by atoms with Crippen LogP contribution in [0.1, 0.15) is 128 Å². The Bertz CT molecular complexity index is 993. The molecule has 3 rings (SSSR count). The molecule has 2 saturated carbocycles. The van der Waals surface area contributed by atoms with E-state index in [4.69, 9.17) is 4.74 Å². The summed E-state index contributed by atoms with van der Waals surface area (Å²) in [4.78, 5) is 49.5. The molecule has 4 atom stereocenters. The largest absolute Gasteiger partial charge is 0.481 e. The van der Waals surface area contributed by atoms with E-state index in [1.54, 1.807) is 13.8 Å². The van der Waals surface area contributed by atoms with Crippen molar-refractivity contribution in [2.24, 2.45) is 17.3 Å². The van der Waals surface area contributed by atoms with Gasteiger partial charge in [-0.25, -0.2) is 0 Å². The molecule has 0 aliphatic heterocycles. The number of carbonyl (C=O) groups is 4. The zero-order valence-corrected chi connectivity index (χ0v) is 23.7. The molecule has 1 aromatic carbocycles. The van der Waals surface area contributed by atoms with Gasteiger partial charge in [-0.1, -0.05) is 43.5 Å². The zero-order valence-electron chi connectivity index (χ0n) is 23.7. The number of hydrogen-bond donors (Lipinski definition) is 1. The zero-order chi connectivity index (χ0) is 27.9. The lowest BCUT2D eigenvalue weighted by molar-refractivity contribution is -0.147.